The van der Waals surface area contributed by atoms with Crippen molar-refractivity contribution in [3.63, 3.8) is 0 Å². The van der Waals surface area contributed by atoms with Gasteiger partial charge in [-0.1, -0.05) is 30.3 Å². The SMILES string of the molecule is N[C@@H](CO)C(=O)C(=O)OCc1ccccc1. The lowest BCUT2D eigenvalue weighted by Gasteiger charge is -2.07. The van der Waals surface area contributed by atoms with Crippen molar-refractivity contribution in [3.05, 3.63) is 35.9 Å². The fraction of sp³-hybridized carbons (Fsp3) is 0.273. The molecule has 1 rings (SSSR count). The van der Waals surface area contributed by atoms with E-state index in [1.807, 2.05) is 6.07 Å². The second-order valence-corrected chi connectivity index (χ2v) is 3.22. The molecule has 1 aromatic carbocycles. The Morgan fingerprint density at radius 2 is 1.94 bits per heavy atom. The Balaban J connectivity index is 2.44. The van der Waals surface area contributed by atoms with Crippen molar-refractivity contribution in [2.75, 3.05) is 6.61 Å². The summed E-state index contributed by atoms with van der Waals surface area (Å²) in [6.07, 6.45) is 0. The summed E-state index contributed by atoms with van der Waals surface area (Å²) >= 11 is 0. The lowest BCUT2D eigenvalue weighted by Crippen LogP contribution is -2.39. The van der Waals surface area contributed by atoms with Crippen LogP contribution >= 0.6 is 0 Å². The Bertz CT molecular complexity index is 364. The summed E-state index contributed by atoms with van der Waals surface area (Å²) in [6.45, 7) is -0.553. The number of rotatable bonds is 5. The Morgan fingerprint density at radius 1 is 1.31 bits per heavy atom. The standard InChI is InChI=1S/C11H13NO4/c12-9(6-13)10(14)11(15)16-7-8-4-2-1-3-5-8/h1-5,9,13H,6-7,12H2/t9-/m0/s1. The first-order valence-corrected chi connectivity index (χ1v) is 4.76. The van der Waals surface area contributed by atoms with Crippen LogP contribution in [0.2, 0.25) is 0 Å². The maximum atomic E-state index is 11.2. The number of carbonyl (C=O) groups is 2. The lowest BCUT2D eigenvalue weighted by atomic mass is 10.2. The van der Waals surface area contributed by atoms with Gasteiger partial charge in [-0.15, -0.1) is 0 Å². The van der Waals surface area contributed by atoms with Gasteiger partial charge in [-0.05, 0) is 5.56 Å². The minimum Gasteiger partial charge on any atom is -0.455 e. The van der Waals surface area contributed by atoms with E-state index in [0.29, 0.717) is 0 Å². The largest absolute Gasteiger partial charge is 0.455 e. The van der Waals surface area contributed by atoms with Crippen molar-refractivity contribution < 1.29 is 19.4 Å². The van der Waals surface area contributed by atoms with Gasteiger partial charge >= 0.3 is 5.97 Å². The molecule has 0 saturated carbocycles. The normalized spacial score (nSPS) is 11.9. The molecule has 5 nitrogen and oxygen atoms in total. The van der Waals surface area contributed by atoms with Gasteiger partial charge in [0.15, 0.2) is 0 Å². The Hall–Kier alpha value is -1.72. The van der Waals surface area contributed by atoms with Gasteiger partial charge in [0.1, 0.15) is 6.61 Å². The first-order valence-electron chi connectivity index (χ1n) is 4.76. The van der Waals surface area contributed by atoms with Gasteiger partial charge in [0.25, 0.3) is 5.78 Å². The van der Waals surface area contributed by atoms with Gasteiger partial charge in [-0.3, -0.25) is 4.79 Å². The van der Waals surface area contributed by atoms with Crippen LogP contribution < -0.4 is 5.73 Å². The van der Waals surface area contributed by atoms with Crippen molar-refractivity contribution in [1.29, 1.82) is 0 Å². The Kier molecular flexibility index (Phi) is 4.63. The highest BCUT2D eigenvalue weighted by Crippen LogP contribution is 2.01. The zero-order chi connectivity index (χ0) is 12.0. The molecule has 5 heteroatoms. The van der Waals surface area contributed by atoms with Crippen LogP contribution in [0.15, 0.2) is 30.3 Å². The molecule has 0 saturated heterocycles. The maximum Gasteiger partial charge on any atom is 0.376 e. The number of benzene rings is 1. The number of nitrogens with two attached hydrogens (primary N) is 1. The van der Waals surface area contributed by atoms with Gasteiger partial charge in [0.2, 0.25) is 0 Å². The van der Waals surface area contributed by atoms with E-state index in [1.165, 1.54) is 0 Å². The molecule has 1 atom stereocenters. The summed E-state index contributed by atoms with van der Waals surface area (Å²) in [7, 11) is 0. The molecule has 0 unspecified atom stereocenters. The van der Waals surface area contributed by atoms with Crippen LogP contribution in [-0.4, -0.2) is 29.5 Å². The van der Waals surface area contributed by atoms with Crippen LogP contribution in [0.5, 0.6) is 0 Å². The third kappa shape index (κ3) is 3.45. The minimum atomic E-state index is -1.21. The second-order valence-electron chi connectivity index (χ2n) is 3.22. The molecule has 0 aliphatic rings. The molecule has 0 aliphatic carbocycles. The van der Waals surface area contributed by atoms with Gasteiger partial charge in [-0.25, -0.2) is 4.79 Å². The zero-order valence-electron chi connectivity index (χ0n) is 8.63. The number of aliphatic hydroxyl groups excluding tert-OH is 1. The number of esters is 1. The smallest absolute Gasteiger partial charge is 0.376 e. The third-order valence-electron chi connectivity index (χ3n) is 1.95. The van der Waals surface area contributed by atoms with E-state index in [9.17, 15) is 9.59 Å². The van der Waals surface area contributed by atoms with Crippen LogP contribution in [-0.2, 0) is 20.9 Å². The average molecular weight is 223 g/mol. The highest BCUT2D eigenvalue weighted by atomic mass is 16.5. The van der Waals surface area contributed by atoms with Crippen LogP contribution in [0.4, 0.5) is 0 Å². The molecule has 0 spiro atoms. The predicted octanol–water partition coefficient (Wildman–Crippen LogP) is -0.381. The monoisotopic (exact) mass is 223 g/mol. The Labute approximate surface area is 92.8 Å². The van der Waals surface area contributed by atoms with E-state index < -0.39 is 24.4 Å². The molecule has 0 bridgehead atoms. The van der Waals surface area contributed by atoms with E-state index in [2.05, 4.69) is 0 Å². The summed E-state index contributed by atoms with van der Waals surface area (Å²) in [4.78, 5) is 22.3. The summed E-state index contributed by atoms with van der Waals surface area (Å²) in [5.74, 6) is -1.94. The quantitative estimate of drug-likeness (QED) is 0.524. The number of aliphatic hydroxyl groups is 1. The number of ether oxygens (including phenoxy) is 1. The third-order valence-corrected chi connectivity index (χ3v) is 1.95. The first kappa shape index (κ1) is 12.4. The van der Waals surface area contributed by atoms with E-state index in [4.69, 9.17) is 15.6 Å². The number of carbonyl (C=O) groups excluding carboxylic acids is 2. The average Bonchev–Trinajstić information content (AvgIpc) is 2.35. The molecule has 0 fully saturated rings. The number of hydrogen-bond donors (Lipinski definition) is 2. The fourth-order valence-corrected chi connectivity index (χ4v) is 1.03. The molecule has 0 heterocycles. The predicted molar refractivity (Wildman–Crippen MR) is 56.3 cm³/mol. The van der Waals surface area contributed by atoms with Crippen LogP contribution in [0.3, 0.4) is 0 Å². The van der Waals surface area contributed by atoms with Crippen LogP contribution in [0, 0.1) is 0 Å². The van der Waals surface area contributed by atoms with E-state index >= 15 is 0 Å². The van der Waals surface area contributed by atoms with Gasteiger partial charge in [0, 0.05) is 0 Å². The summed E-state index contributed by atoms with van der Waals surface area (Å²) in [5.41, 5.74) is 5.96. The highest BCUT2D eigenvalue weighted by molar-refractivity contribution is 6.35. The van der Waals surface area contributed by atoms with Gasteiger partial charge in [-0.2, -0.15) is 0 Å². The molecule has 0 aromatic heterocycles. The molecule has 0 amide bonds. The highest BCUT2D eigenvalue weighted by Gasteiger charge is 2.22. The molecule has 16 heavy (non-hydrogen) atoms. The summed E-state index contributed by atoms with van der Waals surface area (Å²) in [6, 6.07) is 7.75. The number of Topliss-reactive ketones (excluding diaryl/α,β-unsaturated/α-hetero) is 1. The van der Waals surface area contributed by atoms with E-state index in [-0.39, 0.29) is 6.61 Å². The van der Waals surface area contributed by atoms with Crippen molar-refractivity contribution in [2.24, 2.45) is 5.73 Å². The number of ketones is 1. The van der Waals surface area contributed by atoms with E-state index in [0.717, 1.165) is 5.56 Å². The molecular formula is C11H13NO4. The van der Waals surface area contributed by atoms with E-state index in [1.54, 1.807) is 24.3 Å². The first-order chi connectivity index (χ1) is 7.65. The molecule has 0 aliphatic heterocycles. The van der Waals surface area contributed by atoms with Gasteiger partial charge in [0.05, 0.1) is 12.6 Å². The zero-order valence-corrected chi connectivity index (χ0v) is 8.63. The second kappa shape index (κ2) is 5.99. The molecule has 3 N–H and O–H groups in total. The van der Waals surface area contributed by atoms with Crippen molar-refractivity contribution >= 4 is 11.8 Å². The lowest BCUT2D eigenvalue weighted by molar-refractivity contribution is -0.155. The minimum absolute atomic E-state index is 0.0174. The van der Waals surface area contributed by atoms with Crippen molar-refractivity contribution in [1.82, 2.24) is 0 Å². The summed E-state index contributed by atoms with van der Waals surface area (Å²) in [5, 5.41) is 8.59. The van der Waals surface area contributed by atoms with Crippen LogP contribution in [0.1, 0.15) is 5.56 Å². The molecule has 1 aromatic rings. The van der Waals surface area contributed by atoms with Crippen molar-refractivity contribution in [3.8, 4) is 0 Å². The number of hydrogen-bond acceptors (Lipinski definition) is 5. The fourth-order valence-electron chi connectivity index (χ4n) is 1.03. The van der Waals surface area contributed by atoms with Crippen molar-refractivity contribution in [2.45, 2.75) is 12.6 Å². The Morgan fingerprint density at radius 3 is 2.50 bits per heavy atom. The maximum absolute atomic E-state index is 11.2. The molecule has 86 valence electrons. The topological polar surface area (TPSA) is 89.6 Å². The molecule has 0 radical (unpaired) electrons. The van der Waals surface area contributed by atoms with Gasteiger partial charge < -0.3 is 15.6 Å². The van der Waals surface area contributed by atoms with Crippen LogP contribution in [0.25, 0.3) is 0 Å². The summed E-state index contributed by atoms with van der Waals surface area (Å²) < 4.78 is 4.73. The molecular weight excluding hydrogens is 210 g/mol.